The average molecular weight is 621 g/mol. The monoisotopic (exact) mass is 620 g/mol. The lowest BCUT2D eigenvalue weighted by molar-refractivity contribution is 0.167. The number of hydrazone groups is 1. The lowest BCUT2D eigenvalue weighted by Gasteiger charge is -2.41. The number of hydrazine groups is 1. The van der Waals surface area contributed by atoms with E-state index < -0.39 is 5.54 Å². The normalized spacial score (nSPS) is 11.7. The number of hydrogen-bond acceptors (Lipinski definition) is 5. The van der Waals surface area contributed by atoms with E-state index in [0.717, 1.165) is 50.1 Å². The molecule has 0 aliphatic heterocycles. The van der Waals surface area contributed by atoms with E-state index in [1.54, 1.807) is 0 Å². The van der Waals surface area contributed by atoms with Gasteiger partial charge in [0.25, 0.3) is 0 Å². The molecule has 0 saturated carbocycles. The molecule has 6 rings (SSSR count). The highest BCUT2D eigenvalue weighted by Gasteiger charge is 2.41. The van der Waals surface area contributed by atoms with Gasteiger partial charge in [-0.15, -0.1) is 5.10 Å². The summed E-state index contributed by atoms with van der Waals surface area (Å²) in [6, 6.07) is 55.5. The highest BCUT2D eigenvalue weighted by atomic mass is 32.2. The van der Waals surface area contributed by atoms with Crippen LogP contribution in [0.15, 0.2) is 169 Å². The van der Waals surface area contributed by atoms with E-state index >= 15 is 0 Å². The summed E-state index contributed by atoms with van der Waals surface area (Å²) in [5.41, 5.74) is 14.9. The summed E-state index contributed by atoms with van der Waals surface area (Å²) in [5.74, 6) is 7.42. The van der Waals surface area contributed by atoms with Crippen molar-refractivity contribution in [2.45, 2.75) is 12.1 Å². The number of amidine groups is 1. The van der Waals surface area contributed by atoms with E-state index in [2.05, 4.69) is 84.9 Å². The second-order valence-electron chi connectivity index (χ2n) is 10.9. The summed E-state index contributed by atoms with van der Waals surface area (Å²) >= 11 is 1.36. The van der Waals surface area contributed by atoms with Gasteiger partial charge in [-0.3, -0.25) is 0 Å². The van der Waals surface area contributed by atoms with Gasteiger partial charge in [0.05, 0.1) is 6.61 Å². The Kier molecular flexibility index (Phi) is 9.60. The van der Waals surface area contributed by atoms with Crippen molar-refractivity contribution in [1.82, 2.24) is 5.12 Å². The fraction of sp³-hybridized carbons (Fsp3) is 0.0750. The Bertz CT molecular complexity index is 1780. The van der Waals surface area contributed by atoms with Gasteiger partial charge >= 0.3 is 0 Å². The largest absolute Gasteiger partial charge is 0.382 e. The molecule has 0 radical (unpaired) electrons. The number of rotatable bonds is 11. The van der Waals surface area contributed by atoms with Gasteiger partial charge in [-0.2, -0.15) is 0 Å². The smallest absolute Gasteiger partial charge is 0.153 e. The van der Waals surface area contributed by atoms with Crippen LogP contribution in [0, 0.1) is 0 Å². The first kappa shape index (κ1) is 30.9. The molecular formula is C40H36N4OS. The molecule has 0 atom stereocenters. The molecule has 228 valence electrons. The molecule has 0 spiro atoms. The third-order valence-corrected chi connectivity index (χ3v) is 8.50. The van der Waals surface area contributed by atoms with Crippen molar-refractivity contribution in [3.63, 3.8) is 0 Å². The molecule has 5 nitrogen and oxygen atoms in total. The summed E-state index contributed by atoms with van der Waals surface area (Å²) < 4.78 is 5.55. The Labute approximate surface area is 275 Å². The molecule has 4 N–H and O–H groups in total. The van der Waals surface area contributed by atoms with Gasteiger partial charge in [0, 0.05) is 11.8 Å². The lowest BCUT2D eigenvalue weighted by atomic mass is 9.77. The quantitative estimate of drug-likeness (QED) is 0.0379. The second kappa shape index (κ2) is 14.3. The molecule has 0 aliphatic carbocycles. The third-order valence-electron chi connectivity index (χ3n) is 8.14. The molecule has 0 amide bonds. The van der Waals surface area contributed by atoms with E-state index in [1.165, 1.54) is 17.2 Å². The van der Waals surface area contributed by atoms with Crippen LogP contribution in [0.25, 0.3) is 22.3 Å². The van der Waals surface area contributed by atoms with Gasteiger partial charge in [0.15, 0.2) is 5.84 Å². The molecule has 0 bridgehead atoms. The SMILES string of the molecule is CSOCc1ccc(-c2cc(-c3ccccc3)ccc2/C(N)=N/N(N)C(c2ccccc2)(c2ccccc2)c2ccccc2)cc1. The predicted octanol–water partition coefficient (Wildman–Crippen LogP) is 8.60. The minimum Gasteiger partial charge on any atom is -0.382 e. The van der Waals surface area contributed by atoms with Crippen LogP contribution in [-0.4, -0.2) is 17.2 Å². The summed E-state index contributed by atoms with van der Waals surface area (Å²) in [4.78, 5) is 0. The van der Waals surface area contributed by atoms with Gasteiger partial charge in [0.2, 0.25) is 0 Å². The number of hydrogen-bond donors (Lipinski definition) is 2. The maximum atomic E-state index is 7.11. The summed E-state index contributed by atoms with van der Waals surface area (Å²) in [6.45, 7) is 0.532. The van der Waals surface area contributed by atoms with Crippen LogP contribution in [0.5, 0.6) is 0 Å². The van der Waals surface area contributed by atoms with Crippen LogP contribution in [0.3, 0.4) is 0 Å². The maximum Gasteiger partial charge on any atom is 0.153 e. The zero-order valence-corrected chi connectivity index (χ0v) is 26.5. The van der Waals surface area contributed by atoms with Gasteiger partial charge in [-0.1, -0.05) is 152 Å². The van der Waals surface area contributed by atoms with E-state index in [-0.39, 0.29) is 0 Å². The Balaban J connectivity index is 1.51. The van der Waals surface area contributed by atoms with Crippen molar-refractivity contribution in [2.24, 2.45) is 16.7 Å². The highest BCUT2D eigenvalue weighted by molar-refractivity contribution is 7.93. The van der Waals surface area contributed by atoms with Crippen LogP contribution in [0.2, 0.25) is 0 Å². The Morgan fingerprint density at radius 3 is 1.61 bits per heavy atom. The van der Waals surface area contributed by atoms with Gasteiger partial charge < -0.3 is 9.92 Å². The molecule has 0 aliphatic rings. The first-order valence-corrected chi connectivity index (χ1v) is 16.3. The van der Waals surface area contributed by atoms with E-state index in [1.807, 2.05) is 85.1 Å². The Hall–Kier alpha value is -5.14. The molecule has 0 aromatic heterocycles. The number of nitrogens with zero attached hydrogens (tertiary/aromatic N) is 2. The zero-order chi connectivity index (χ0) is 31.8. The first-order chi connectivity index (χ1) is 22.6. The van der Waals surface area contributed by atoms with Crippen LogP contribution >= 0.6 is 12.0 Å². The van der Waals surface area contributed by atoms with Gasteiger partial charge in [-0.05, 0) is 68.7 Å². The molecule has 0 saturated heterocycles. The zero-order valence-electron chi connectivity index (χ0n) is 25.7. The van der Waals surface area contributed by atoms with E-state index in [4.69, 9.17) is 20.9 Å². The van der Waals surface area contributed by atoms with Crippen LogP contribution in [0.1, 0.15) is 27.8 Å². The van der Waals surface area contributed by atoms with Crippen LogP contribution in [-0.2, 0) is 16.3 Å². The second-order valence-corrected chi connectivity index (χ2v) is 11.5. The van der Waals surface area contributed by atoms with E-state index in [9.17, 15) is 0 Å². The number of nitrogens with two attached hydrogens (primary N) is 2. The maximum absolute atomic E-state index is 7.11. The molecule has 0 heterocycles. The van der Waals surface area contributed by atoms with Crippen molar-refractivity contribution in [3.8, 4) is 22.3 Å². The molecule has 46 heavy (non-hydrogen) atoms. The van der Waals surface area contributed by atoms with Gasteiger partial charge in [0.1, 0.15) is 5.54 Å². The molecule has 6 heteroatoms. The predicted molar refractivity (Wildman–Crippen MR) is 192 cm³/mol. The Morgan fingerprint density at radius 2 is 1.11 bits per heavy atom. The average Bonchev–Trinajstić information content (AvgIpc) is 3.13. The van der Waals surface area contributed by atoms with Crippen molar-refractivity contribution in [3.05, 3.63) is 192 Å². The van der Waals surface area contributed by atoms with Crippen molar-refractivity contribution < 1.29 is 4.18 Å². The molecule has 0 unspecified atom stereocenters. The van der Waals surface area contributed by atoms with Crippen molar-refractivity contribution >= 4 is 17.9 Å². The summed E-state index contributed by atoms with van der Waals surface area (Å²) in [5, 5.41) is 6.49. The van der Waals surface area contributed by atoms with E-state index in [0.29, 0.717) is 12.4 Å². The summed E-state index contributed by atoms with van der Waals surface area (Å²) in [6.07, 6.45) is 1.92. The lowest BCUT2D eigenvalue weighted by Crippen LogP contribution is -2.50. The fourth-order valence-corrected chi connectivity index (χ4v) is 6.16. The Morgan fingerprint density at radius 1 is 0.630 bits per heavy atom. The third kappa shape index (κ3) is 6.32. The molecule has 0 fully saturated rings. The van der Waals surface area contributed by atoms with Crippen LogP contribution < -0.4 is 11.6 Å². The molecule has 6 aromatic rings. The van der Waals surface area contributed by atoms with Gasteiger partial charge in [-0.25, -0.2) is 11.0 Å². The fourth-order valence-electron chi connectivity index (χ4n) is 5.90. The topological polar surface area (TPSA) is 76.9 Å². The summed E-state index contributed by atoms with van der Waals surface area (Å²) in [7, 11) is 0. The number of benzene rings is 6. The van der Waals surface area contributed by atoms with Crippen LogP contribution in [0.4, 0.5) is 0 Å². The molecule has 6 aromatic carbocycles. The first-order valence-electron chi connectivity index (χ1n) is 15.1. The van der Waals surface area contributed by atoms with Crippen molar-refractivity contribution in [2.75, 3.05) is 6.26 Å². The minimum absolute atomic E-state index is 0.305. The standard InChI is InChI=1S/C40H36N4OS/c1-46-45-29-30-22-24-32(25-23-30)38-28-33(31-14-6-2-7-15-31)26-27-37(38)39(41)43-44(42)40(34-16-8-3-9-17-34,35-18-10-4-11-19-35)36-20-12-5-13-21-36/h2-28H,29,42H2,1H3,(H2,41,43). The minimum atomic E-state index is -0.961. The molecular weight excluding hydrogens is 585 g/mol. The highest BCUT2D eigenvalue weighted by Crippen LogP contribution is 2.41. The van der Waals surface area contributed by atoms with Crippen molar-refractivity contribution in [1.29, 1.82) is 0 Å².